The van der Waals surface area contributed by atoms with Crippen molar-refractivity contribution in [2.45, 2.75) is 45.9 Å². The molecule has 13 nitrogen and oxygen atoms in total. The molecule has 0 aliphatic rings. The molecule has 2 aromatic heterocycles. The number of H-pyrrole nitrogens is 1. The normalized spacial score (nSPS) is 10.6. The number of aromatic nitrogens is 6. The Morgan fingerprint density at radius 1 is 1.07 bits per heavy atom. The van der Waals surface area contributed by atoms with Crippen molar-refractivity contribution in [1.82, 2.24) is 30.2 Å². The zero-order valence-electron chi connectivity index (χ0n) is 23.8. The Bertz CT molecular complexity index is 1690. The molecular formula is C30H30ClN7O6. The maximum atomic E-state index is 10.5. The predicted molar refractivity (Wildman–Crippen MR) is 161 cm³/mol. The highest BCUT2D eigenvalue weighted by Crippen LogP contribution is 2.30. The molecule has 3 N–H and O–H groups in total. The van der Waals surface area contributed by atoms with E-state index >= 15 is 0 Å². The third-order valence-corrected chi connectivity index (χ3v) is 6.95. The number of aliphatic hydroxyl groups is 1. The van der Waals surface area contributed by atoms with Gasteiger partial charge in [-0.05, 0) is 51.2 Å². The minimum absolute atomic E-state index is 0.0782. The summed E-state index contributed by atoms with van der Waals surface area (Å²) >= 11 is 6.26. The molecule has 14 heteroatoms. The molecule has 0 unspecified atom stereocenters. The number of unbranched alkanes of at least 4 members (excludes halogenated alkanes) is 1. The molecule has 0 atom stereocenters. The molecule has 0 amide bonds. The number of benzene rings is 3. The lowest BCUT2D eigenvalue weighted by Gasteiger charge is -2.12. The van der Waals surface area contributed by atoms with Gasteiger partial charge in [-0.3, -0.25) is 0 Å². The summed E-state index contributed by atoms with van der Waals surface area (Å²) in [7, 11) is 0. The van der Waals surface area contributed by atoms with E-state index in [0.717, 1.165) is 47.3 Å². The van der Waals surface area contributed by atoms with E-state index in [1.165, 1.54) is 18.2 Å². The van der Waals surface area contributed by atoms with E-state index in [1.54, 1.807) is 6.07 Å². The number of aliphatic hydroxyl groups excluding tert-OH is 1. The number of rotatable bonds is 12. The van der Waals surface area contributed by atoms with Gasteiger partial charge in [0.15, 0.2) is 11.0 Å². The molecule has 44 heavy (non-hydrogen) atoms. The van der Waals surface area contributed by atoms with Gasteiger partial charge in [0.1, 0.15) is 12.4 Å². The summed E-state index contributed by atoms with van der Waals surface area (Å²) in [4.78, 5) is 28.9. The summed E-state index contributed by atoms with van der Waals surface area (Å²) in [6.07, 6.45) is 2.95. The zero-order valence-corrected chi connectivity index (χ0v) is 24.5. The van der Waals surface area contributed by atoms with Crippen LogP contribution in [0.2, 0.25) is 5.15 Å². The molecule has 5 aromatic rings. The second-order valence-corrected chi connectivity index (χ2v) is 9.97. The van der Waals surface area contributed by atoms with Crippen molar-refractivity contribution >= 4 is 17.6 Å². The van der Waals surface area contributed by atoms with Crippen LogP contribution in [-0.4, -0.2) is 51.4 Å². The lowest BCUT2D eigenvalue weighted by atomic mass is 9.98. The first-order chi connectivity index (χ1) is 21.3. The standard InChI is InChI=1S/C22H23ClN6O.C8H7NO5/c1-2-3-8-20-24-21(23)19(14-30)29(20)13-15-9-11-16(12-10-15)17-6-4-5-7-18(17)22-25-27-28-26-22;10-8(11)7-3-1-2-6(4-7)5-14-9(12)13/h4-7,9-12,30H,2-3,8,13-14H2,1H3,(H,25,26,27,28);1-4H,5H2,(H,10,11). The van der Waals surface area contributed by atoms with Crippen molar-refractivity contribution in [2.75, 3.05) is 0 Å². The molecule has 0 fully saturated rings. The van der Waals surface area contributed by atoms with Crippen LogP contribution >= 0.6 is 11.6 Å². The SMILES string of the molecule is CCCCc1nc(Cl)c(CO)n1Cc1ccc(-c2ccccc2-c2nnn[nH]2)cc1.O=C(O)c1cccc(CO[N+](=O)[O-])c1. The van der Waals surface area contributed by atoms with E-state index in [1.807, 2.05) is 22.8 Å². The van der Waals surface area contributed by atoms with Gasteiger partial charge in [0, 0.05) is 18.5 Å². The van der Waals surface area contributed by atoms with Crippen LogP contribution in [0.3, 0.4) is 0 Å². The smallest absolute Gasteiger partial charge is 0.335 e. The van der Waals surface area contributed by atoms with E-state index in [0.29, 0.717) is 28.8 Å². The maximum Gasteiger partial charge on any atom is 0.335 e. The lowest BCUT2D eigenvalue weighted by molar-refractivity contribution is -0.763. The highest BCUT2D eigenvalue weighted by Gasteiger charge is 2.16. The quantitative estimate of drug-likeness (QED) is 0.121. The summed E-state index contributed by atoms with van der Waals surface area (Å²) in [6.45, 7) is 2.39. The predicted octanol–water partition coefficient (Wildman–Crippen LogP) is 5.36. The average Bonchev–Trinajstić information content (AvgIpc) is 3.68. The van der Waals surface area contributed by atoms with Gasteiger partial charge >= 0.3 is 5.97 Å². The van der Waals surface area contributed by atoms with Crippen molar-refractivity contribution in [3.8, 4) is 22.5 Å². The van der Waals surface area contributed by atoms with E-state index in [4.69, 9.17) is 16.7 Å². The molecule has 0 saturated heterocycles. The van der Waals surface area contributed by atoms with Gasteiger partial charge in [-0.1, -0.05) is 85.6 Å². The fourth-order valence-corrected chi connectivity index (χ4v) is 4.74. The highest BCUT2D eigenvalue weighted by atomic mass is 35.5. The minimum Gasteiger partial charge on any atom is -0.478 e. The summed E-state index contributed by atoms with van der Waals surface area (Å²) < 4.78 is 2.03. The van der Waals surface area contributed by atoms with Crippen LogP contribution in [0.5, 0.6) is 0 Å². The summed E-state index contributed by atoms with van der Waals surface area (Å²) in [5.41, 5.74) is 5.36. The van der Waals surface area contributed by atoms with Crippen molar-refractivity contribution in [3.63, 3.8) is 0 Å². The molecule has 2 heterocycles. The van der Waals surface area contributed by atoms with Gasteiger partial charge in [-0.2, -0.15) is 0 Å². The van der Waals surface area contributed by atoms with Gasteiger partial charge in [0.05, 0.1) is 17.9 Å². The monoisotopic (exact) mass is 619 g/mol. The molecule has 5 rings (SSSR count). The number of hydrogen-bond acceptors (Lipinski definition) is 9. The minimum atomic E-state index is -1.08. The summed E-state index contributed by atoms with van der Waals surface area (Å²) in [5, 5.41) is 41.9. The second kappa shape index (κ2) is 15.4. The molecule has 0 aliphatic carbocycles. The van der Waals surface area contributed by atoms with E-state index in [-0.39, 0.29) is 18.8 Å². The van der Waals surface area contributed by atoms with Gasteiger partial charge in [-0.25, -0.2) is 14.9 Å². The molecule has 0 aliphatic heterocycles. The van der Waals surface area contributed by atoms with Crippen molar-refractivity contribution in [2.24, 2.45) is 0 Å². The molecule has 0 bridgehead atoms. The van der Waals surface area contributed by atoms with Gasteiger partial charge in [0.2, 0.25) is 0 Å². The Hall–Kier alpha value is -5.14. The third kappa shape index (κ3) is 8.24. The second-order valence-electron chi connectivity index (χ2n) is 9.61. The van der Waals surface area contributed by atoms with Crippen LogP contribution in [0.25, 0.3) is 22.5 Å². The number of halogens is 1. The Labute approximate surface area is 257 Å². The Morgan fingerprint density at radius 3 is 2.45 bits per heavy atom. The molecule has 228 valence electrons. The Balaban J connectivity index is 0.000000265. The van der Waals surface area contributed by atoms with E-state index in [2.05, 4.69) is 67.7 Å². The number of hydrogen-bond donors (Lipinski definition) is 3. The number of imidazole rings is 1. The average molecular weight is 620 g/mol. The Morgan fingerprint density at radius 2 is 1.82 bits per heavy atom. The van der Waals surface area contributed by atoms with E-state index < -0.39 is 11.1 Å². The first kappa shape index (κ1) is 31.8. The number of carbonyl (C=O) groups is 1. The molecule has 0 radical (unpaired) electrons. The number of nitrogens with zero attached hydrogens (tertiary/aromatic N) is 6. The first-order valence-electron chi connectivity index (χ1n) is 13.7. The number of nitrogens with one attached hydrogen (secondary N) is 1. The van der Waals surface area contributed by atoms with Crippen molar-refractivity contribution < 1.29 is 24.9 Å². The number of aryl methyl sites for hydroxylation is 1. The molecule has 3 aromatic carbocycles. The largest absolute Gasteiger partial charge is 0.478 e. The molecule has 0 spiro atoms. The van der Waals surface area contributed by atoms with Crippen molar-refractivity contribution in [1.29, 1.82) is 0 Å². The van der Waals surface area contributed by atoms with Gasteiger partial charge in [-0.15, -0.1) is 15.2 Å². The summed E-state index contributed by atoms with van der Waals surface area (Å²) in [5.74, 6) is 0.474. The number of tetrazole rings is 1. The lowest BCUT2D eigenvalue weighted by Crippen LogP contribution is -2.09. The van der Waals surface area contributed by atoms with E-state index in [9.17, 15) is 20.0 Å². The van der Waals surface area contributed by atoms with Crippen LogP contribution in [-0.2, 0) is 31.0 Å². The third-order valence-electron chi connectivity index (χ3n) is 6.65. The number of carboxylic acid groups (broad SMARTS) is 1. The van der Waals surface area contributed by atoms with Gasteiger partial charge < -0.3 is 19.6 Å². The zero-order chi connectivity index (χ0) is 31.5. The number of carboxylic acids is 1. The first-order valence-corrected chi connectivity index (χ1v) is 14.0. The highest BCUT2D eigenvalue weighted by molar-refractivity contribution is 6.30. The topological polar surface area (TPSA) is 182 Å². The number of aromatic amines is 1. The van der Waals surface area contributed by atoms with Gasteiger partial charge in [0.25, 0.3) is 5.09 Å². The van der Waals surface area contributed by atoms with Crippen molar-refractivity contribution in [3.05, 3.63) is 116 Å². The van der Waals surface area contributed by atoms with Crippen LogP contribution in [0, 0.1) is 10.1 Å². The summed E-state index contributed by atoms with van der Waals surface area (Å²) in [6, 6.07) is 22.1. The van der Waals surface area contributed by atoms with Crippen LogP contribution in [0.4, 0.5) is 0 Å². The van der Waals surface area contributed by atoms with Crippen LogP contribution in [0.15, 0.2) is 72.8 Å². The van der Waals surface area contributed by atoms with Crippen LogP contribution < -0.4 is 0 Å². The fourth-order valence-electron chi connectivity index (χ4n) is 4.48. The van der Waals surface area contributed by atoms with Crippen LogP contribution in [0.1, 0.15) is 52.8 Å². The maximum absolute atomic E-state index is 10.5. The number of aromatic carboxylic acids is 1. The fraction of sp³-hybridized carbons (Fsp3) is 0.233. The Kier molecular flexibility index (Phi) is 11.1. The molecule has 0 saturated carbocycles. The molecular weight excluding hydrogens is 590 g/mol.